The lowest BCUT2D eigenvalue weighted by atomic mass is 10.0. The van der Waals surface area contributed by atoms with Crippen LogP contribution in [-0.2, 0) is 6.42 Å². The van der Waals surface area contributed by atoms with E-state index in [1.807, 2.05) is 6.07 Å². The fourth-order valence-electron chi connectivity index (χ4n) is 2.39. The Kier molecular flexibility index (Phi) is 5.46. The van der Waals surface area contributed by atoms with Gasteiger partial charge in [-0.3, -0.25) is 0 Å². The molecule has 17 heavy (non-hydrogen) atoms. The Morgan fingerprint density at radius 3 is 3.12 bits per heavy atom. The van der Waals surface area contributed by atoms with Crippen LogP contribution in [0.15, 0.2) is 22.8 Å². The van der Waals surface area contributed by atoms with Gasteiger partial charge < -0.3 is 9.73 Å². The highest BCUT2D eigenvalue weighted by Crippen LogP contribution is 2.29. The van der Waals surface area contributed by atoms with Gasteiger partial charge in [0.25, 0.3) is 0 Å². The molecule has 1 aromatic heterocycles. The van der Waals surface area contributed by atoms with Gasteiger partial charge in [0.15, 0.2) is 0 Å². The van der Waals surface area contributed by atoms with E-state index < -0.39 is 0 Å². The van der Waals surface area contributed by atoms with Crippen molar-refractivity contribution in [2.24, 2.45) is 0 Å². The molecule has 0 spiro atoms. The molecule has 0 radical (unpaired) electrons. The molecule has 1 saturated heterocycles. The summed E-state index contributed by atoms with van der Waals surface area (Å²) in [5, 5.41) is 4.46. The average molecular weight is 253 g/mol. The van der Waals surface area contributed by atoms with E-state index in [1.54, 1.807) is 6.26 Å². The van der Waals surface area contributed by atoms with E-state index in [9.17, 15) is 0 Å². The second-order valence-electron chi connectivity index (χ2n) is 4.75. The molecule has 0 amide bonds. The smallest absolute Gasteiger partial charge is 0.105 e. The van der Waals surface area contributed by atoms with E-state index in [0.29, 0.717) is 6.04 Å². The predicted molar refractivity (Wildman–Crippen MR) is 74.6 cm³/mol. The number of thioether (sulfide) groups is 1. The summed E-state index contributed by atoms with van der Waals surface area (Å²) in [5.41, 5.74) is 0. The van der Waals surface area contributed by atoms with Crippen molar-refractivity contribution >= 4 is 11.8 Å². The van der Waals surface area contributed by atoms with Crippen molar-refractivity contribution in [2.75, 3.05) is 12.3 Å². The first kappa shape index (κ1) is 13.0. The van der Waals surface area contributed by atoms with Crippen molar-refractivity contribution in [3.8, 4) is 0 Å². The van der Waals surface area contributed by atoms with Crippen LogP contribution in [0.5, 0.6) is 0 Å². The highest BCUT2D eigenvalue weighted by molar-refractivity contribution is 8.00. The van der Waals surface area contributed by atoms with E-state index >= 15 is 0 Å². The Hall–Kier alpha value is -0.410. The maximum absolute atomic E-state index is 5.49. The zero-order valence-corrected chi connectivity index (χ0v) is 11.5. The van der Waals surface area contributed by atoms with Crippen LogP contribution in [0, 0.1) is 0 Å². The SMILES string of the molecule is CCCNC(Cc1ccco1)C1CCCCS1. The molecule has 2 nitrogen and oxygen atoms in total. The first-order valence-corrected chi connectivity index (χ1v) is 7.82. The lowest BCUT2D eigenvalue weighted by Gasteiger charge is -2.30. The van der Waals surface area contributed by atoms with E-state index in [2.05, 4.69) is 30.1 Å². The van der Waals surface area contributed by atoms with Gasteiger partial charge in [-0.1, -0.05) is 13.3 Å². The molecule has 0 bridgehead atoms. The number of hydrogen-bond donors (Lipinski definition) is 1. The van der Waals surface area contributed by atoms with E-state index in [-0.39, 0.29) is 0 Å². The fraction of sp³-hybridized carbons (Fsp3) is 0.714. The maximum Gasteiger partial charge on any atom is 0.105 e. The second-order valence-corrected chi connectivity index (χ2v) is 6.10. The van der Waals surface area contributed by atoms with Crippen LogP contribution in [0.3, 0.4) is 0 Å². The second kappa shape index (κ2) is 7.12. The third kappa shape index (κ3) is 4.07. The molecular weight excluding hydrogens is 230 g/mol. The fourth-order valence-corrected chi connectivity index (χ4v) is 3.82. The van der Waals surface area contributed by atoms with Gasteiger partial charge in [-0.05, 0) is 43.7 Å². The normalized spacial score (nSPS) is 22.5. The molecule has 1 aliphatic heterocycles. The summed E-state index contributed by atoms with van der Waals surface area (Å²) in [6.45, 7) is 3.34. The molecule has 2 heterocycles. The van der Waals surface area contributed by atoms with Gasteiger partial charge in [0.2, 0.25) is 0 Å². The van der Waals surface area contributed by atoms with Crippen LogP contribution in [0.1, 0.15) is 38.4 Å². The lowest BCUT2D eigenvalue weighted by Crippen LogP contribution is -2.41. The Balaban J connectivity index is 1.91. The molecule has 1 aliphatic rings. The molecule has 2 atom stereocenters. The molecule has 1 fully saturated rings. The molecule has 2 rings (SSSR count). The van der Waals surface area contributed by atoms with Gasteiger partial charge in [-0.15, -0.1) is 0 Å². The molecule has 0 saturated carbocycles. The summed E-state index contributed by atoms with van der Waals surface area (Å²) < 4.78 is 5.49. The Morgan fingerprint density at radius 1 is 1.53 bits per heavy atom. The average Bonchev–Trinajstić information content (AvgIpc) is 2.88. The van der Waals surface area contributed by atoms with Crippen molar-refractivity contribution in [1.29, 1.82) is 0 Å². The van der Waals surface area contributed by atoms with Gasteiger partial charge in [-0.25, -0.2) is 0 Å². The molecule has 2 unspecified atom stereocenters. The standard InChI is InChI=1S/C14H23NOS/c1-2-8-15-13(11-12-6-5-9-16-12)14-7-3-4-10-17-14/h5-6,9,13-15H,2-4,7-8,10-11H2,1H3. The quantitative estimate of drug-likeness (QED) is 0.840. The topological polar surface area (TPSA) is 25.2 Å². The van der Waals surface area contributed by atoms with Crippen molar-refractivity contribution in [1.82, 2.24) is 5.32 Å². The van der Waals surface area contributed by atoms with Crippen LogP contribution in [0.25, 0.3) is 0 Å². The molecule has 1 N–H and O–H groups in total. The minimum Gasteiger partial charge on any atom is -0.469 e. The molecule has 3 heteroatoms. The summed E-state index contributed by atoms with van der Waals surface area (Å²) in [5.74, 6) is 2.44. The Labute approximate surface area is 109 Å². The summed E-state index contributed by atoms with van der Waals surface area (Å²) in [4.78, 5) is 0. The summed E-state index contributed by atoms with van der Waals surface area (Å²) in [6, 6.07) is 4.65. The van der Waals surface area contributed by atoms with Crippen LogP contribution < -0.4 is 5.32 Å². The highest BCUT2D eigenvalue weighted by Gasteiger charge is 2.24. The van der Waals surface area contributed by atoms with Gasteiger partial charge in [0.1, 0.15) is 5.76 Å². The molecule has 96 valence electrons. The van der Waals surface area contributed by atoms with E-state index in [1.165, 1.54) is 31.4 Å². The van der Waals surface area contributed by atoms with Crippen molar-refractivity contribution in [3.63, 3.8) is 0 Å². The number of hydrogen-bond acceptors (Lipinski definition) is 3. The minimum atomic E-state index is 0.575. The number of nitrogens with one attached hydrogen (secondary N) is 1. The third-order valence-corrected chi connectivity index (χ3v) is 4.84. The number of furan rings is 1. The van der Waals surface area contributed by atoms with Crippen LogP contribution in [0.2, 0.25) is 0 Å². The van der Waals surface area contributed by atoms with Gasteiger partial charge >= 0.3 is 0 Å². The lowest BCUT2D eigenvalue weighted by molar-refractivity contribution is 0.417. The summed E-state index contributed by atoms with van der Waals surface area (Å²) in [6.07, 6.45) is 8.15. The molecule has 0 aliphatic carbocycles. The van der Waals surface area contributed by atoms with Crippen molar-refractivity contribution in [2.45, 2.75) is 50.3 Å². The first-order valence-electron chi connectivity index (χ1n) is 6.77. The van der Waals surface area contributed by atoms with Gasteiger partial charge in [0, 0.05) is 17.7 Å². The van der Waals surface area contributed by atoms with Crippen LogP contribution >= 0.6 is 11.8 Å². The summed E-state index contributed by atoms with van der Waals surface area (Å²) >= 11 is 2.14. The molecule has 1 aromatic rings. The first-order chi connectivity index (χ1) is 8.40. The van der Waals surface area contributed by atoms with E-state index in [4.69, 9.17) is 4.42 Å². The Morgan fingerprint density at radius 2 is 2.47 bits per heavy atom. The zero-order chi connectivity index (χ0) is 11.9. The van der Waals surface area contributed by atoms with Gasteiger partial charge in [-0.2, -0.15) is 11.8 Å². The van der Waals surface area contributed by atoms with E-state index in [0.717, 1.165) is 24.0 Å². The Bertz CT molecular complexity index is 293. The largest absolute Gasteiger partial charge is 0.469 e. The van der Waals surface area contributed by atoms with Crippen LogP contribution in [-0.4, -0.2) is 23.6 Å². The number of rotatable bonds is 6. The molecular formula is C14H23NOS. The summed E-state index contributed by atoms with van der Waals surface area (Å²) in [7, 11) is 0. The minimum absolute atomic E-state index is 0.575. The zero-order valence-electron chi connectivity index (χ0n) is 10.7. The van der Waals surface area contributed by atoms with Crippen molar-refractivity contribution in [3.05, 3.63) is 24.2 Å². The maximum atomic E-state index is 5.49. The van der Waals surface area contributed by atoms with Crippen LogP contribution in [0.4, 0.5) is 0 Å². The van der Waals surface area contributed by atoms with Crippen molar-refractivity contribution < 1.29 is 4.42 Å². The third-order valence-electron chi connectivity index (χ3n) is 3.32. The monoisotopic (exact) mass is 253 g/mol. The van der Waals surface area contributed by atoms with Gasteiger partial charge in [0.05, 0.1) is 6.26 Å². The highest BCUT2D eigenvalue weighted by atomic mass is 32.2. The molecule has 0 aromatic carbocycles. The predicted octanol–water partition coefficient (Wildman–Crippen LogP) is 3.48.